The van der Waals surface area contributed by atoms with Gasteiger partial charge < -0.3 is 20.1 Å². The molecule has 0 aliphatic carbocycles. The summed E-state index contributed by atoms with van der Waals surface area (Å²) in [6, 6.07) is 4.37. The fourth-order valence-corrected chi connectivity index (χ4v) is 2.92. The van der Waals surface area contributed by atoms with Gasteiger partial charge in [-0.3, -0.25) is 9.48 Å². The van der Waals surface area contributed by atoms with Crippen molar-refractivity contribution in [2.75, 3.05) is 11.4 Å². The van der Waals surface area contributed by atoms with Crippen molar-refractivity contribution >= 4 is 29.3 Å². The van der Waals surface area contributed by atoms with E-state index < -0.39 is 23.6 Å². The lowest BCUT2D eigenvalue weighted by atomic mass is 10.2. The number of nitrogens with one attached hydrogen (secondary N) is 1. The molecule has 1 aromatic carbocycles. The maximum absolute atomic E-state index is 13.8. The molecule has 1 saturated heterocycles. The number of aromatic nitrogens is 2. The minimum Gasteiger partial charge on any atom is -0.407 e. The highest BCUT2D eigenvalue weighted by atomic mass is 35.5. The van der Waals surface area contributed by atoms with Crippen molar-refractivity contribution in [3.05, 3.63) is 47.0 Å². The van der Waals surface area contributed by atoms with Crippen molar-refractivity contribution in [3.8, 4) is 0 Å². The third kappa shape index (κ3) is 3.88. The molecule has 0 radical (unpaired) electrons. The number of nitrogens with zero attached hydrogens (tertiary/aromatic N) is 3. The Bertz CT molecular complexity index is 874. The van der Waals surface area contributed by atoms with E-state index in [4.69, 9.17) is 16.3 Å². The Kier molecular flexibility index (Phi) is 5.33. The molecular formula is C17H18ClFN4O4. The van der Waals surface area contributed by atoms with Gasteiger partial charge in [-0.05, 0) is 13.0 Å². The van der Waals surface area contributed by atoms with Gasteiger partial charge in [0.1, 0.15) is 5.82 Å². The van der Waals surface area contributed by atoms with E-state index in [1.54, 1.807) is 10.9 Å². The van der Waals surface area contributed by atoms with Gasteiger partial charge in [0.2, 0.25) is 0 Å². The molecule has 8 nitrogen and oxygen atoms in total. The summed E-state index contributed by atoms with van der Waals surface area (Å²) in [6.07, 6.45) is 2.01. The number of anilines is 1. The molecule has 1 atom stereocenters. The van der Waals surface area contributed by atoms with E-state index >= 15 is 0 Å². The summed E-state index contributed by atoms with van der Waals surface area (Å²) >= 11 is 5.68. The standard InChI is InChI=1S/C17H18ClFN4O4/c1-2-22-10-12(9-21-22)23-7-6-17(26,15(23)24)27-16(25)20-8-11-4-3-5-13(18)14(11)19/h3-5,9-10,26H,2,6-8H2,1H3,(H,20,25)/t17-/m0/s1. The maximum atomic E-state index is 13.8. The van der Waals surface area contributed by atoms with Gasteiger partial charge in [-0.25, -0.2) is 9.18 Å². The zero-order valence-electron chi connectivity index (χ0n) is 14.5. The molecule has 2 heterocycles. The average Bonchev–Trinajstić information content (AvgIpc) is 3.22. The highest BCUT2D eigenvalue weighted by molar-refractivity contribution is 6.30. The van der Waals surface area contributed by atoms with Crippen LogP contribution in [0.15, 0.2) is 30.6 Å². The van der Waals surface area contributed by atoms with Crippen LogP contribution in [0.2, 0.25) is 5.02 Å². The van der Waals surface area contributed by atoms with Crippen LogP contribution in [0.3, 0.4) is 0 Å². The number of ether oxygens (including phenoxy) is 1. The molecule has 10 heteroatoms. The fourth-order valence-electron chi connectivity index (χ4n) is 2.73. The van der Waals surface area contributed by atoms with Gasteiger partial charge in [0.05, 0.1) is 16.9 Å². The molecule has 2 N–H and O–H groups in total. The summed E-state index contributed by atoms with van der Waals surface area (Å²) in [5.41, 5.74) is 0.653. The van der Waals surface area contributed by atoms with Crippen LogP contribution in [0.4, 0.5) is 14.9 Å². The van der Waals surface area contributed by atoms with Gasteiger partial charge in [0, 0.05) is 37.8 Å². The lowest BCUT2D eigenvalue weighted by Gasteiger charge is -2.21. The molecular weight excluding hydrogens is 379 g/mol. The number of alkyl carbamates (subject to hydrolysis) is 1. The molecule has 1 aliphatic heterocycles. The van der Waals surface area contributed by atoms with E-state index in [1.165, 1.54) is 29.3 Å². The molecule has 3 rings (SSSR count). The Morgan fingerprint density at radius 3 is 3.00 bits per heavy atom. The van der Waals surface area contributed by atoms with E-state index in [1.807, 2.05) is 6.92 Å². The van der Waals surface area contributed by atoms with Crippen LogP contribution in [0, 0.1) is 5.82 Å². The second-order valence-corrected chi connectivity index (χ2v) is 6.41. The van der Waals surface area contributed by atoms with Crippen LogP contribution >= 0.6 is 11.6 Å². The Morgan fingerprint density at radius 2 is 2.30 bits per heavy atom. The monoisotopic (exact) mass is 396 g/mol. The first-order valence-corrected chi connectivity index (χ1v) is 8.68. The van der Waals surface area contributed by atoms with Crippen LogP contribution in [-0.4, -0.2) is 39.2 Å². The second-order valence-electron chi connectivity index (χ2n) is 6.00. The summed E-state index contributed by atoms with van der Waals surface area (Å²) in [7, 11) is 0. The summed E-state index contributed by atoms with van der Waals surface area (Å²) in [5, 5.41) is 16.7. The topological polar surface area (TPSA) is 96.7 Å². The Balaban J connectivity index is 1.61. The molecule has 2 amide bonds. The molecule has 1 fully saturated rings. The number of carbonyl (C=O) groups is 2. The Hall–Kier alpha value is -2.65. The lowest BCUT2D eigenvalue weighted by molar-refractivity contribution is -0.175. The van der Waals surface area contributed by atoms with Crippen LogP contribution in [0.25, 0.3) is 0 Å². The van der Waals surface area contributed by atoms with Crippen molar-refractivity contribution in [1.29, 1.82) is 0 Å². The summed E-state index contributed by atoms with van der Waals surface area (Å²) in [4.78, 5) is 25.8. The number of hydrogen-bond acceptors (Lipinski definition) is 5. The van der Waals surface area contributed by atoms with Gasteiger partial charge in [-0.2, -0.15) is 5.10 Å². The third-order valence-corrected chi connectivity index (χ3v) is 4.52. The zero-order valence-corrected chi connectivity index (χ0v) is 15.2. The number of aryl methyl sites for hydroxylation is 1. The molecule has 0 saturated carbocycles. The quantitative estimate of drug-likeness (QED) is 0.754. The summed E-state index contributed by atoms with van der Waals surface area (Å²) < 4.78 is 20.4. The molecule has 0 spiro atoms. The number of aliphatic hydroxyl groups is 1. The zero-order chi connectivity index (χ0) is 19.6. The van der Waals surface area contributed by atoms with Gasteiger partial charge in [0.15, 0.2) is 0 Å². The van der Waals surface area contributed by atoms with Crippen LogP contribution < -0.4 is 10.2 Å². The van der Waals surface area contributed by atoms with E-state index in [0.29, 0.717) is 12.2 Å². The third-order valence-electron chi connectivity index (χ3n) is 4.23. The second kappa shape index (κ2) is 7.53. The van der Waals surface area contributed by atoms with Crippen LogP contribution in [0.1, 0.15) is 18.9 Å². The average molecular weight is 397 g/mol. The highest BCUT2D eigenvalue weighted by Crippen LogP contribution is 2.29. The number of hydrogen-bond donors (Lipinski definition) is 2. The van der Waals surface area contributed by atoms with E-state index in [-0.39, 0.29) is 30.1 Å². The minimum absolute atomic E-state index is 0.0736. The van der Waals surface area contributed by atoms with Crippen LogP contribution in [-0.2, 0) is 22.6 Å². The number of rotatable bonds is 5. The maximum Gasteiger partial charge on any atom is 0.410 e. The summed E-state index contributed by atoms with van der Waals surface area (Å²) in [5.74, 6) is -3.71. The number of halogens is 2. The SMILES string of the molecule is CCn1cc(N2CC[C@](O)(OC(=O)NCc3cccc(Cl)c3F)C2=O)cn1. The predicted molar refractivity (Wildman–Crippen MR) is 94.6 cm³/mol. The molecule has 144 valence electrons. The molecule has 0 bridgehead atoms. The van der Waals surface area contributed by atoms with Crippen molar-refractivity contribution in [2.45, 2.75) is 32.2 Å². The highest BCUT2D eigenvalue weighted by Gasteiger charge is 2.49. The molecule has 1 aromatic heterocycles. The van der Waals surface area contributed by atoms with Crippen molar-refractivity contribution in [1.82, 2.24) is 15.1 Å². The smallest absolute Gasteiger partial charge is 0.407 e. The van der Waals surface area contributed by atoms with Gasteiger partial charge >= 0.3 is 6.09 Å². The van der Waals surface area contributed by atoms with Crippen molar-refractivity contribution in [3.63, 3.8) is 0 Å². The Labute approximate surface area is 159 Å². The molecule has 1 aliphatic rings. The Morgan fingerprint density at radius 1 is 1.52 bits per heavy atom. The largest absolute Gasteiger partial charge is 0.410 e. The lowest BCUT2D eigenvalue weighted by Crippen LogP contribution is -2.46. The van der Waals surface area contributed by atoms with E-state index in [0.717, 1.165) is 0 Å². The normalized spacial score (nSPS) is 19.4. The number of amides is 2. The van der Waals surface area contributed by atoms with Gasteiger partial charge in [-0.15, -0.1) is 0 Å². The van der Waals surface area contributed by atoms with Gasteiger partial charge in [-0.1, -0.05) is 23.7 Å². The molecule has 27 heavy (non-hydrogen) atoms. The molecule has 0 unspecified atom stereocenters. The first kappa shape index (κ1) is 19.1. The molecule has 2 aromatic rings. The van der Waals surface area contributed by atoms with Crippen molar-refractivity contribution < 1.29 is 23.8 Å². The van der Waals surface area contributed by atoms with Crippen molar-refractivity contribution in [2.24, 2.45) is 0 Å². The summed E-state index contributed by atoms with van der Waals surface area (Å²) in [6.45, 7) is 2.49. The van der Waals surface area contributed by atoms with Crippen LogP contribution in [0.5, 0.6) is 0 Å². The van der Waals surface area contributed by atoms with E-state index in [2.05, 4.69) is 10.4 Å². The number of benzene rings is 1. The predicted octanol–water partition coefficient (Wildman–Crippen LogP) is 2.05. The fraction of sp³-hybridized carbons (Fsp3) is 0.353. The van der Waals surface area contributed by atoms with E-state index in [9.17, 15) is 19.1 Å². The number of carbonyl (C=O) groups excluding carboxylic acids is 2. The minimum atomic E-state index is -2.29. The first-order valence-electron chi connectivity index (χ1n) is 8.30. The van der Waals surface area contributed by atoms with Gasteiger partial charge in [0.25, 0.3) is 11.7 Å². The first-order chi connectivity index (χ1) is 12.8.